The van der Waals surface area contributed by atoms with Gasteiger partial charge in [-0.2, -0.15) is 0 Å². The van der Waals surface area contributed by atoms with Gasteiger partial charge >= 0.3 is 0 Å². The van der Waals surface area contributed by atoms with Gasteiger partial charge in [0, 0.05) is 28.9 Å². The van der Waals surface area contributed by atoms with Crippen LogP contribution in [0.4, 0.5) is 5.82 Å². The van der Waals surface area contributed by atoms with Crippen molar-refractivity contribution < 1.29 is 4.79 Å². The van der Waals surface area contributed by atoms with Crippen molar-refractivity contribution in [1.29, 1.82) is 0 Å². The lowest BCUT2D eigenvalue weighted by Crippen LogP contribution is -2.14. The Morgan fingerprint density at radius 3 is 2.50 bits per heavy atom. The number of carbonyl (C=O) groups is 1. The van der Waals surface area contributed by atoms with Gasteiger partial charge in [-0.15, -0.1) is 0 Å². The lowest BCUT2D eigenvalue weighted by atomic mass is 10.0. The molecule has 0 saturated carbocycles. The third-order valence-electron chi connectivity index (χ3n) is 3.11. The molecule has 4 N–H and O–H groups in total. The Balaban J connectivity index is 2.15. The molecule has 0 aliphatic carbocycles. The SMILES string of the molecule is NC(=O)c1cc(-c2cnc3ccccc3c2)cnc1N. The van der Waals surface area contributed by atoms with E-state index in [1.165, 1.54) is 0 Å². The summed E-state index contributed by atoms with van der Waals surface area (Å²) in [4.78, 5) is 19.7. The number of benzene rings is 1. The molecule has 0 saturated heterocycles. The molecular formula is C15H12N4O. The summed E-state index contributed by atoms with van der Waals surface area (Å²) >= 11 is 0. The fourth-order valence-electron chi connectivity index (χ4n) is 2.06. The normalized spacial score (nSPS) is 10.6. The van der Waals surface area contributed by atoms with Crippen molar-refractivity contribution >= 4 is 22.6 Å². The van der Waals surface area contributed by atoms with Gasteiger partial charge in [0.15, 0.2) is 0 Å². The minimum absolute atomic E-state index is 0.134. The highest BCUT2D eigenvalue weighted by Gasteiger charge is 2.09. The van der Waals surface area contributed by atoms with Crippen LogP contribution in [0.25, 0.3) is 22.0 Å². The summed E-state index contributed by atoms with van der Waals surface area (Å²) in [5, 5.41) is 1.02. The van der Waals surface area contributed by atoms with Gasteiger partial charge in [0.25, 0.3) is 5.91 Å². The first-order valence-corrected chi connectivity index (χ1v) is 6.05. The smallest absolute Gasteiger partial charge is 0.252 e. The number of pyridine rings is 2. The van der Waals surface area contributed by atoms with E-state index in [0.29, 0.717) is 0 Å². The van der Waals surface area contributed by atoms with E-state index >= 15 is 0 Å². The predicted molar refractivity (Wildman–Crippen MR) is 77.9 cm³/mol. The maximum absolute atomic E-state index is 11.3. The zero-order chi connectivity index (χ0) is 14.1. The highest BCUT2D eigenvalue weighted by molar-refractivity contribution is 5.98. The number of rotatable bonds is 2. The lowest BCUT2D eigenvalue weighted by Gasteiger charge is -2.06. The van der Waals surface area contributed by atoms with Crippen molar-refractivity contribution in [2.24, 2.45) is 5.73 Å². The molecule has 3 aromatic rings. The van der Waals surface area contributed by atoms with Crippen LogP contribution in [0.3, 0.4) is 0 Å². The number of aromatic nitrogens is 2. The predicted octanol–water partition coefficient (Wildman–Crippen LogP) is 1.98. The minimum atomic E-state index is -0.592. The molecule has 0 aliphatic heterocycles. The van der Waals surface area contributed by atoms with Crippen molar-refractivity contribution in [3.63, 3.8) is 0 Å². The second-order valence-electron chi connectivity index (χ2n) is 4.44. The number of nitrogens with two attached hydrogens (primary N) is 2. The fraction of sp³-hybridized carbons (Fsp3) is 0. The molecule has 0 unspecified atom stereocenters. The number of primary amides is 1. The summed E-state index contributed by atoms with van der Waals surface area (Å²) in [6.45, 7) is 0. The molecular weight excluding hydrogens is 252 g/mol. The van der Waals surface area contributed by atoms with Gasteiger partial charge in [-0.25, -0.2) is 4.98 Å². The van der Waals surface area contributed by atoms with Crippen LogP contribution in [0.15, 0.2) is 48.8 Å². The summed E-state index contributed by atoms with van der Waals surface area (Å²) in [6, 6.07) is 11.4. The summed E-state index contributed by atoms with van der Waals surface area (Å²) in [5.74, 6) is -0.458. The Morgan fingerprint density at radius 1 is 1.00 bits per heavy atom. The van der Waals surface area contributed by atoms with Crippen LogP contribution in [0.2, 0.25) is 0 Å². The Morgan fingerprint density at radius 2 is 1.70 bits per heavy atom. The van der Waals surface area contributed by atoms with Crippen LogP contribution in [0.5, 0.6) is 0 Å². The zero-order valence-corrected chi connectivity index (χ0v) is 10.6. The third-order valence-corrected chi connectivity index (χ3v) is 3.11. The summed E-state index contributed by atoms with van der Waals surface area (Å²) in [7, 11) is 0. The van der Waals surface area contributed by atoms with Crippen LogP contribution in [-0.4, -0.2) is 15.9 Å². The van der Waals surface area contributed by atoms with E-state index in [1.807, 2.05) is 30.3 Å². The van der Waals surface area contributed by atoms with Gasteiger partial charge in [0.2, 0.25) is 0 Å². The maximum Gasteiger partial charge on any atom is 0.252 e. The zero-order valence-electron chi connectivity index (χ0n) is 10.6. The number of carbonyl (C=O) groups excluding carboxylic acids is 1. The minimum Gasteiger partial charge on any atom is -0.383 e. The molecule has 0 fully saturated rings. The summed E-state index contributed by atoms with van der Waals surface area (Å²) in [6.07, 6.45) is 3.34. The van der Waals surface area contributed by atoms with E-state index in [4.69, 9.17) is 11.5 Å². The Labute approximate surface area is 115 Å². The second kappa shape index (κ2) is 4.62. The van der Waals surface area contributed by atoms with Gasteiger partial charge < -0.3 is 11.5 Å². The Hall–Kier alpha value is -2.95. The second-order valence-corrected chi connectivity index (χ2v) is 4.44. The number of hydrogen-bond donors (Lipinski definition) is 2. The molecule has 3 rings (SSSR count). The average molecular weight is 264 g/mol. The molecule has 5 nitrogen and oxygen atoms in total. The highest BCUT2D eigenvalue weighted by Crippen LogP contribution is 2.24. The average Bonchev–Trinajstić information content (AvgIpc) is 2.47. The number of nitrogen functional groups attached to an aromatic ring is 1. The molecule has 1 aromatic carbocycles. The molecule has 0 aliphatic rings. The van der Waals surface area contributed by atoms with E-state index in [-0.39, 0.29) is 11.4 Å². The summed E-state index contributed by atoms with van der Waals surface area (Å²) in [5.41, 5.74) is 13.7. The van der Waals surface area contributed by atoms with Gasteiger partial charge in [0.05, 0.1) is 11.1 Å². The van der Waals surface area contributed by atoms with Crippen LogP contribution in [-0.2, 0) is 0 Å². The first-order chi connectivity index (χ1) is 9.65. The lowest BCUT2D eigenvalue weighted by molar-refractivity contribution is 0.100. The first kappa shape index (κ1) is 12.1. The maximum atomic E-state index is 11.3. The Kier molecular flexibility index (Phi) is 2.80. The fourth-order valence-corrected chi connectivity index (χ4v) is 2.06. The van der Waals surface area contributed by atoms with Crippen molar-refractivity contribution in [2.75, 3.05) is 5.73 Å². The largest absolute Gasteiger partial charge is 0.383 e. The van der Waals surface area contributed by atoms with E-state index < -0.39 is 5.91 Å². The van der Waals surface area contributed by atoms with Crippen molar-refractivity contribution in [3.8, 4) is 11.1 Å². The van der Waals surface area contributed by atoms with E-state index in [0.717, 1.165) is 22.0 Å². The van der Waals surface area contributed by atoms with Gasteiger partial charge in [-0.1, -0.05) is 18.2 Å². The van der Waals surface area contributed by atoms with Crippen LogP contribution >= 0.6 is 0 Å². The van der Waals surface area contributed by atoms with Gasteiger partial charge in [-0.05, 0) is 18.2 Å². The van der Waals surface area contributed by atoms with Crippen LogP contribution < -0.4 is 11.5 Å². The number of amides is 1. The van der Waals surface area contributed by atoms with E-state index in [9.17, 15) is 4.79 Å². The number of anilines is 1. The molecule has 0 bridgehead atoms. The third kappa shape index (κ3) is 2.05. The molecule has 98 valence electrons. The standard InChI is InChI=1S/C15H12N4O/c16-14-12(15(17)20)6-11(8-19-14)10-5-9-3-1-2-4-13(9)18-7-10/h1-8H,(H2,16,19)(H2,17,20). The molecule has 2 aromatic heterocycles. The van der Waals surface area contributed by atoms with Crippen molar-refractivity contribution in [2.45, 2.75) is 0 Å². The van der Waals surface area contributed by atoms with Crippen molar-refractivity contribution in [3.05, 3.63) is 54.4 Å². The molecule has 0 spiro atoms. The number of fused-ring (bicyclic) bond motifs is 1. The molecule has 0 atom stereocenters. The van der Waals surface area contributed by atoms with Crippen LogP contribution in [0.1, 0.15) is 10.4 Å². The molecule has 2 heterocycles. The topological polar surface area (TPSA) is 94.9 Å². The molecule has 20 heavy (non-hydrogen) atoms. The van der Waals surface area contributed by atoms with Crippen molar-refractivity contribution in [1.82, 2.24) is 9.97 Å². The summed E-state index contributed by atoms with van der Waals surface area (Å²) < 4.78 is 0. The molecule has 0 radical (unpaired) electrons. The number of hydrogen-bond acceptors (Lipinski definition) is 4. The number of para-hydroxylation sites is 1. The molecule has 1 amide bonds. The first-order valence-electron chi connectivity index (χ1n) is 6.05. The van der Waals surface area contributed by atoms with E-state index in [1.54, 1.807) is 18.5 Å². The molecule has 5 heteroatoms. The van der Waals surface area contributed by atoms with Gasteiger partial charge in [0.1, 0.15) is 5.82 Å². The monoisotopic (exact) mass is 264 g/mol. The quantitative estimate of drug-likeness (QED) is 0.739. The van der Waals surface area contributed by atoms with Gasteiger partial charge in [-0.3, -0.25) is 9.78 Å². The van der Waals surface area contributed by atoms with E-state index in [2.05, 4.69) is 9.97 Å². The highest BCUT2D eigenvalue weighted by atomic mass is 16.1. The van der Waals surface area contributed by atoms with Crippen LogP contribution in [0, 0.1) is 0 Å². The number of nitrogens with zero attached hydrogens (tertiary/aromatic N) is 2. The Bertz CT molecular complexity index is 814.